The van der Waals surface area contributed by atoms with Crippen molar-refractivity contribution < 1.29 is 9.53 Å². The SMILES string of the molecule is CC(=O)O/C=C(\C#N)C1C=CC=CC1C. The molecule has 0 aliphatic heterocycles. The summed E-state index contributed by atoms with van der Waals surface area (Å²) in [5.74, 6) is -0.165. The topological polar surface area (TPSA) is 50.1 Å². The van der Waals surface area contributed by atoms with Gasteiger partial charge in [-0.1, -0.05) is 31.2 Å². The van der Waals surface area contributed by atoms with Crippen LogP contribution in [0.1, 0.15) is 13.8 Å². The molecular weight excluding hydrogens is 190 g/mol. The summed E-state index contributed by atoms with van der Waals surface area (Å²) in [4.78, 5) is 10.6. The van der Waals surface area contributed by atoms with Crippen LogP contribution in [0.15, 0.2) is 36.1 Å². The fraction of sp³-hybridized carbons (Fsp3) is 0.333. The maximum absolute atomic E-state index is 10.6. The van der Waals surface area contributed by atoms with Crippen molar-refractivity contribution in [2.45, 2.75) is 13.8 Å². The van der Waals surface area contributed by atoms with Crippen molar-refractivity contribution in [3.63, 3.8) is 0 Å². The highest BCUT2D eigenvalue weighted by Crippen LogP contribution is 2.25. The first-order chi connectivity index (χ1) is 7.15. The van der Waals surface area contributed by atoms with E-state index in [9.17, 15) is 4.79 Å². The molecule has 0 heterocycles. The van der Waals surface area contributed by atoms with Crippen LogP contribution >= 0.6 is 0 Å². The molecule has 78 valence electrons. The predicted octanol–water partition coefficient (Wildman–Crippen LogP) is 2.34. The molecule has 0 radical (unpaired) electrons. The second-order valence-corrected chi connectivity index (χ2v) is 3.45. The van der Waals surface area contributed by atoms with Crippen molar-refractivity contribution in [1.82, 2.24) is 0 Å². The molecule has 1 aliphatic carbocycles. The summed E-state index contributed by atoms with van der Waals surface area (Å²) in [6.07, 6.45) is 9.03. The lowest BCUT2D eigenvalue weighted by atomic mass is 9.85. The standard InChI is InChI=1S/C12H13NO2/c1-9-5-3-4-6-12(9)11(7-13)8-15-10(2)14/h3-6,8-9,12H,1-2H3/b11-8+. The van der Waals surface area contributed by atoms with Crippen LogP contribution in [-0.4, -0.2) is 5.97 Å². The molecule has 0 aromatic heterocycles. The Morgan fingerprint density at radius 1 is 1.47 bits per heavy atom. The first kappa shape index (κ1) is 11.3. The van der Waals surface area contributed by atoms with E-state index >= 15 is 0 Å². The number of rotatable bonds is 2. The first-order valence-corrected chi connectivity index (χ1v) is 4.77. The average Bonchev–Trinajstić information content (AvgIpc) is 2.21. The van der Waals surface area contributed by atoms with E-state index in [1.165, 1.54) is 13.2 Å². The molecule has 2 unspecified atom stereocenters. The van der Waals surface area contributed by atoms with Crippen LogP contribution in [0.4, 0.5) is 0 Å². The fourth-order valence-electron chi connectivity index (χ4n) is 1.43. The molecular formula is C12H13NO2. The van der Waals surface area contributed by atoms with Gasteiger partial charge in [-0.3, -0.25) is 4.79 Å². The third-order valence-electron chi connectivity index (χ3n) is 2.25. The number of carbonyl (C=O) groups is 1. The number of allylic oxidation sites excluding steroid dienone is 5. The summed E-state index contributed by atoms with van der Waals surface area (Å²) >= 11 is 0. The Bertz CT molecular complexity index is 372. The molecule has 3 nitrogen and oxygen atoms in total. The quantitative estimate of drug-likeness (QED) is 0.393. The van der Waals surface area contributed by atoms with E-state index in [4.69, 9.17) is 10.00 Å². The van der Waals surface area contributed by atoms with E-state index in [-0.39, 0.29) is 11.8 Å². The monoisotopic (exact) mass is 203 g/mol. The minimum atomic E-state index is -0.411. The van der Waals surface area contributed by atoms with Gasteiger partial charge in [-0.15, -0.1) is 0 Å². The summed E-state index contributed by atoms with van der Waals surface area (Å²) in [6, 6.07) is 2.06. The Hall–Kier alpha value is -1.82. The number of hydrogen-bond acceptors (Lipinski definition) is 3. The van der Waals surface area contributed by atoms with Crippen LogP contribution in [0.5, 0.6) is 0 Å². The lowest BCUT2D eigenvalue weighted by Gasteiger charge is -2.18. The Balaban J connectivity index is 2.79. The first-order valence-electron chi connectivity index (χ1n) is 4.77. The number of hydrogen-bond donors (Lipinski definition) is 0. The average molecular weight is 203 g/mol. The van der Waals surface area contributed by atoms with Gasteiger partial charge in [-0.25, -0.2) is 0 Å². The van der Waals surface area contributed by atoms with E-state index < -0.39 is 5.97 Å². The molecule has 0 fully saturated rings. The highest BCUT2D eigenvalue weighted by atomic mass is 16.5. The Morgan fingerprint density at radius 3 is 2.67 bits per heavy atom. The van der Waals surface area contributed by atoms with Crippen LogP contribution in [0.25, 0.3) is 0 Å². The molecule has 2 atom stereocenters. The Morgan fingerprint density at radius 2 is 2.13 bits per heavy atom. The van der Waals surface area contributed by atoms with Crippen molar-refractivity contribution in [2.75, 3.05) is 0 Å². The van der Waals surface area contributed by atoms with E-state index in [2.05, 4.69) is 6.07 Å². The molecule has 0 amide bonds. The van der Waals surface area contributed by atoms with Crippen molar-refractivity contribution >= 4 is 5.97 Å². The van der Waals surface area contributed by atoms with Gasteiger partial charge in [-0.2, -0.15) is 5.26 Å². The predicted molar refractivity (Wildman–Crippen MR) is 56.4 cm³/mol. The fourth-order valence-corrected chi connectivity index (χ4v) is 1.43. The summed E-state index contributed by atoms with van der Waals surface area (Å²) in [5, 5.41) is 8.94. The third-order valence-corrected chi connectivity index (χ3v) is 2.25. The van der Waals surface area contributed by atoms with E-state index in [0.717, 1.165) is 0 Å². The minimum Gasteiger partial charge on any atom is -0.434 e. The molecule has 0 aromatic rings. The van der Waals surface area contributed by atoms with Crippen LogP contribution in [0, 0.1) is 23.2 Å². The zero-order valence-electron chi connectivity index (χ0n) is 8.81. The van der Waals surface area contributed by atoms with Gasteiger partial charge in [-0.05, 0) is 5.92 Å². The van der Waals surface area contributed by atoms with Crippen LogP contribution in [-0.2, 0) is 9.53 Å². The summed E-state index contributed by atoms with van der Waals surface area (Å²) in [7, 11) is 0. The number of ether oxygens (including phenoxy) is 1. The normalized spacial score (nSPS) is 24.7. The van der Waals surface area contributed by atoms with Gasteiger partial charge in [0.2, 0.25) is 0 Å². The van der Waals surface area contributed by atoms with E-state index in [1.807, 2.05) is 31.2 Å². The second kappa shape index (κ2) is 5.16. The molecule has 1 rings (SSSR count). The van der Waals surface area contributed by atoms with Crippen molar-refractivity contribution in [1.29, 1.82) is 5.26 Å². The maximum atomic E-state index is 10.6. The number of esters is 1. The van der Waals surface area contributed by atoms with Gasteiger partial charge in [0.25, 0.3) is 0 Å². The van der Waals surface area contributed by atoms with Crippen LogP contribution in [0.3, 0.4) is 0 Å². The van der Waals surface area contributed by atoms with Gasteiger partial charge in [0.1, 0.15) is 6.26 Å². The molecule has 1 aliphatic rings. The van der Waals surface area contributed by atoms with Gasteiger partial charge in [0, 0.05) is 12.8 Å². The van der Waals surface area contributed by atoms with E-state index in [0.29, 0.717) is 5.57 Å². The molecule has 0 spiro atoms. The molecule has 0 N–H and O–H groups in total. The highest BCUT2D eigenvalue weighted by Gasteiger charge is 2.19. The molecule has 0 saturated carbocycles. The van der Waals surface area contributed by atoms with Crippen molar-refractivity contribution in [3.8, 4) is 6.07 Å². The lowest BCUT2D eigenvalue weighted by molar-refractivity contribution is -0.135. The minimum absolute atomic E-state index is 0.000602. The zero-order valence-corrected chi connectivity index (χ0v) is 8.81. The smallest absolute Gasteiger partial charge is 0.307 e. The lowest BCUT2D eigenvalue weighted by Crippen LogP contribution is -2.12. The Kier molecular flexibility index (Phi) is 3.87. The van der Waals surface area contributed by atoms with Gasteiger partial charge >= 0.3 is 5.97 Å². The maximum Gasteiger partial charge on any atom is 0.307 e. The molecule has 3 heteroatoms. The number of nitriles is 1. The number of nitrogens with zero attached hydrogens (tertiary/aromatic N) is 1. The number of carbonyl (C=O) groups excluding carboxylic acids is 1. The van der Waals surface area contributed by atoms with Gasteiger partial charge < -0.3 is 4.74 Å². The van der Waals surface area contributed by atoms with Crippen LogP contribution < -0.4 is 0 Å². The van der Waals surface area contributed by atoms with Crippen LogP contribution in [0.2, 0.25) is 0 Å². The van der Waals surface area contributed by atoms with E-state index in [1.54, 1.807) is 0 Å². The third kappa shape index (κ3) is 3.10. The molecule has 0 bridgehead atoms. The largest absolute Gasteiger partial charge is 0.434 e. The molecule has 0 aromatic carbocycles. The molecule has 15 heavy (non-hydrogen) atoms. The summed E-state index contributed by atoms with van der Waals surface area (Å²) in [5.41, 5.74) is 0.471. The van der Waals surface area contributed by atoms with Gasteiger partial charge in [0.05, 0.1) is 11.6 Å². The highest BCUT2D eigenvalue weighted by molar-refractivity contribution is 5.66. The second-order valence-electron chi connectivity index (χ2n) is 3.45. The summed E-state index contributed by atoms with van der Waals surface area (Å²) in [6.45, 7) is 3.33. The van der Waals surface area contributed by atoms with Crippen molar-refractivity contribution in [2.24, 2.45) is 11.8 Å². The zero-order chi connectivity index (χ0) is 11.3. The van der Waals surface area contributed by atoms with Gasteiger partial charge in [0.15, 0.2) is 0 Å². The summed E-state index contributed by atoms with van der Waals surface area (Å²) < 4.78 is 4.72. The Labute approximate surface area is 89.3 Å². The molecule has 0 saturated heterocycles. The van der Waals surface area contributed by atoms with Crippen molar-refractivity contribution in [3.05, 3.63) is 36.1 Å².